The summed E-state index contributed by atoms with van der Waals surface area (Å²) >= 11 is 0. The lowest BCUT2D eigenvalue weighted by Crippen LogP contribution is -2.41. The molecule has 2 aromatic heterocycles. The molecule has 8 heteroatoms. The SMILES string of the molecule is Cc1ccc2c(c1)N(C(=O)N(C)C)Cc1c(-c3noc(C(C)C)n3)ncn1-2. The molecule has 1 aliphatic heterocycles. The quantitative estimate of drug-likeness (QED) is 0.695. The Balaban J connectivity index is 1.86. The van der Waals surface area contributed by atoms with Crippen LogP contribution in [0.4, 0.5) is 10.5 Å². The molecule has 27 heavy (non-hydrogen) atoms. The zero-order chi connectivity index (χ0) is 19.3. The molecule has 8 nitrogen and oxygen atoms in total. The summed E-state index contributed by atoms with van der Waals surface area (Å²) in [6, 6.07) is 5.96. The lowest BCUT2D eigenvalue weighted by molar-refractivity contribution is 0.223. The van der Waals surface area contributed by atoms with Crippen molar-refractivity contribution >= 4 is 11.7 Å². The third kappa shape index (κ3) is 2.77. The maximum atomic E-state index is 12.8. The number of carbonyl (C=O) groups excluding carboxylic acids is 1. The van der Waals surface area contributed by atoms with Gasteiger partial charge in [-0.2, -0.15) is 4.98 Å². The molecule has 1 aromatic carbocycles. The Morgan fingerprint density at radius 2 is 2.04 bits per heavy atom. The van der Waals surface area contributed by atoms with Gasteiger partial charge in [0.1, 0.15) is 12.0 Å². The zero-order valence-corrected chi connectivity index (χ0v) is 16.1. The molecule has 0 saturated heterocycles. The molecule has 0 fully saturated rings. The minimum atomic E-state index is -0.0868. The standard InChI is InChI=1S/C19H22N6O2/c1-11(2)18-21-17(22-27-18)16-15-9-24(19(26)23(4)5)14-8-12(3)6-7-13(14)25(15)10-20-16/h6-8,10-11H,9H2,1-5H3. The first-order chi connectivity index (χ1) is 12.9. The predicted octanol–water partition coefficient (Wildman–Crippen LogP) is 3.36. The molecule has 0 unspecified atom stereocenters. The van der Waals surface area contributed by atoms with Gasteiger partial charge in [0.2, 0.25) is 11.7 Å². The highest BCUT2D eigenvalue weighted by Crippen LogP contribution is 2.36. The predicted molar refractivity (Wildman–Crippen MR) is 101 cm³/mol. The molecule has 0 spiro atoms. The smallest absolute Gasteiger partial charge is 0.324 e. The zero-order valence-electron chi connectivity index (χ0n) is 16.1. The van der Waals surface area contributed by atoms with E-state index in [9.17, 15) is 4.79 Å². The first kappa shape index (κ1) is 17.3. The fraction of sp³-hybridized carbons (Fsp3) is 0.368. The molecular formula is C19H22N6O2. The van der Waals surface area contributed by atoms with E-state index >= 15 is 0 Å². The number of fused-ring (bicyclic) bond motifs is 3. The molecule has 0 aliphatic carbocycles. The van der Waals surface area contributed by atoms with Crippen LogP contribution in [0.5, 0.6) is 0 Å². The molecule has 1 aliphatic rings. The van der Waals surface area contributed by atoms with E-state index in [0.29, 0.717) is 24.0 Å². The second-order valence-electron chi connectivity index (χ2n) is 7.28. The van der Waals surface area contributed by atoms with E-state index < -0.39 is 0 Å². The Morgan fingerprint density at radius 1 is 1.26 bits per heavy atom. The van der Waals surface area contributed by atoms with Gasteiger partial charge in [0.25, 0.3) is 0 Å². The van der Waals surface area contributed by atoms with Gasteiger partial charge in [0.15, 0.2) is 0 Å². The van der Waals surface area contributed by atoms with Crippen LogP contribution in [-0.4, -0.2) is 44.7 Å². The van der Waals surface area contributed by atoms with Gasteiger partial charge >= 0.3 is 6.03 Å². The normalized spacial score (nSPS) is 12.9. The maximum absolute atomic E-state index is 12.8. The van der Waals surface area contributed by atoms with Crippen molar-refractivity contribution in [1.82, 2.24) is 24.6 Å². The van der Waals surface area contributed by atoms with Crippen molar-refractivity contribution in [3.8, 4) is 17.2 Å². The number of nitrogens with zero attached hydrogens (tertiary/aromatic N) is 6. The Hall–Kier alpha value is -3.16. The Bertz CT molecular complexity index is 1020. The third-order valence-electron chi connectivity index (χ3n) is 4.62. The number of amides is 2. The van der Waals surface area contributed by atoms with Crippen LogP contribution < -0.4 is 4.90 Å². The average Bonchev–Trinajstić information content (AvgIpc) is 3.26. The molecule has 0 bridgehead atoms. The van der Waals surface area contributed by atoms with E-state index in [1.54, 1.807) is 30.2 Å². The summed E-state index contributed by atoms with van der Waals surface area (Å²) in [5.41, 5.74) is 4.35. The van der Waals surface area contributed by atoms with Crippen molar-refractivity contribution in [2.45, 2.75) is 33.2 Å². The number of rotatable bonds is 2. The van der Waals surface area contributed by atoms with Crippen molar-refractivity contribution in [3.63, 3.8) is 0 Å². The van der Waals surface area contributed by atoms with Gasteiger partial charge in [-0.15, -0.1) is 0 Å². The van der Waals surface area contributed by atoms with Crippen LogP contribution in [0.3, 0.4) is 0 Å². The summed E-state index contributed by atoms with van der Waals surface area (Å²) in [6.07, 6.45) is 1.75. The van der Waals surface area contributed by atoms with Gasteiger partial charge in [-0.3, -0.25) is 9.47 Å². The van der Waals surface area contributed by atoms with Crippen molar-refractivity contribution in [2.24, 2.45) is 0 Å². The second-order valence-corrected chi connectivity index (χ2v) is 7.28. The molecule has 4 rings (SSSR count). The van der Waals surface area contributed by atoms with Crippen LogP contribution in [0.2, 0.25) is 0 Å². The topological polar surface area (TPSA) is 80.3 Å². The van der Waals surface area contributed by atoms with Gasteiger partial charge in [-0.05, 0) is 24.6 Å². The van der Waals surface area contributed by atoms with E-state index in [2.05, 4.69) is 15.1 Å². The fourth-order valence-corrected chi connectivity index (χ4v) is 3.19. The molecule has 140 valence electrons. The van der Waals surface area contributed by atoms with Crippen LogP contribution in [0.15, 0.2) is 29.0 Å². The number of carbonyl (C=O) groups is 1. The van der Waals surface area contributed by atoms with Crippen LogP contribution in [-0.2, 0) is 6.54 Å². The van der Waals surface area contributed by atoms with Crippen molar-refractivity contribution in [1.29, 1.82) is 0 Å². The van der Waals surface area contributed by atoms with Crippen LogP contribution in [0.1, 0.15) is 36.9 Å². The van der Waals surface area contributed by atoms with Crippen molar-refractivity contribution in [2.75, 3.05) is 19.0 Å². The highest BCUT2D eigenvalue weighted by Gasteiger charge is 2.31. The molecule has 0 atom stereocenters. The third-order valence-corrected chi connectivity index (χ3v) is 4.62. The minimum absolute atomic E-state index is 0.0868. The van der Waals surface area contributed by atoms with Crippen LogP contribution in [0.25, 0.3) is 17.2 Å². The summed E-state index contributed by atoms with van der Waals surface area (Å²) in [7, 11) is 3.50. The number of hydrogen-bond acceptors (Lipinski definition) is 5. The molecule has 0 radical (unpaired) electrons. The average molecular weight is 366 g/mol. The fourth-order valence-electron chi connectivity index (χ4n) is 3.19. The van der Waals surface area contributed by atoms with Gasteiger partial charge in [-0.1, -0.05) is 25.1 Å². The molecule has 0 saturated carbocycles. The lowest BCUT2D eigenvalue weighted by atomic mass is 10.1. The van der Waals surface area contributed by atoms with Gasteiger partial charge in [0.05, 0.1) is 23.6 Å². The monoisotopic (exact) mass is 366 g/mol. The number of imidazole rings is 1. The van der Waals surface area contributed by atoms with E-state index in [1.807, 2.05) is 43.5 Å². The van der Waals surface area contributed by atoms with Crippen molar-refractivity contribution in [3.05, 3.63) is 41.7 Å². The Labute approximate surface area is 157 Å². The molecule has 3 aromatic rings. The molecule has 0 N–H and O–H groups in total. The largest absolute Gasteiger partial charge is 0.339 e. The molecule has 2 amide bonds. The highest BCUT2D eigenvalue weighted by atomic mass is 16.5. The second kappa shape index (κ2) is 6.22. The van der Waals surface area contributed by atoms with Gasteiger partial charge in [0, 0.05) is 20.0 Å². The number of benzene rings is 1. The first-order valence-electron chi connectivity index (χ1n) is 8.87. The molecular weight excluding hydrogens is 344 g/mol. The van der Waals surface area contributed by atoms with Crippen LogP contribution in [0, 0.1) is 6.92 Å². The number of aromatic nitrogens is 4. The Kier molecular flexibility index (Phi) is 3.98. The van der Waals surface area contributed by atoms with Gasteiger partial charge in [-0.25, -0.2) is 9.78 Å². The lowest BCUT2D eigenvalue weighted by Gasteiger charge is -2.32. The number of aryl methyl sites for hydroxylation is 1. The summed E-state index contributed by atoms with van der Waals surface area (Å²) in [5.74, 6) is 1.15. The van der Waals surface area contributed by atoms with Crippen LogP contribution >= 0.6 is 0 Å². The first-order valence-corrected chi connectivity index (χ1v) is 8.87. The van der Waals surface area contributed by atoms with E-state index in [-0.39, 0.29) is 11.9 Å². The molecule has 3 heterocycles. The highest BCUT2D eigenvalue weighted by molar-refractivity contribution is 5.95. The van der Waals surface area contributed by atoms with E-state index in [0.717, 1.165) is 22.6 Å². The summed E-state index contributed by atoms with van der Waals surface area (Å²) in [6.45, 7) is 6.39. The van der Waals surface area contributed by atoms with E-state index in [4.69, 9.17) is 4.52 Å². The van der Waals surface area contributed by atoms with Gasteiger partial charge < -0.3 is 9.42 Å². The Morgan fingerprint density at radius 3 is 2.70 bits per heavy atom. The maximum Gasteiger partial charge on any atom is 0.324 e. The van der Waals surface area contributed by atoms with E-state index in [1.165, 1.54) is 0 Å². The summed E-state index contributed by atoms with van der Waals surface area (Å²) in [5, 5.41) is 4.09. The number of urea groups is 1. The number of hydrogen-bond donors (Lipinski definition) is 0. The summed E-state index contributed by atoms with van der Waals surface area (Å²) in [4.78, 5) is 25.1. The summed E-state index contributed by atoms with van der Waals surface area (Å²) < 4.78 is 7.33. The number of anilines is 1. The minimum Gasteiger partial charge on any atom is -0.339 e. The van der Waals surface area contributed by atoms with Crippen molar-refractivity contribution < 1.29 is 9.32 Å².